The van der Waals surface area contributed by atoms with Crippen molar-refractivity contribution in [1.29, 1.82) is 0 Å². The number of nitrogens with zero attached hydrogens (tertiary/aromatic N) is 2. The van der Waals surface area contributed by atoms with Crippen LogP contribution in [0, 0.1) is 0 Å². The highest BCUT2D eigenvalue weighted by molar-refractivity contribution is 7.80. The van der Waals surface area contributed by atoms with Crippen LogP contribution in [0.4, 0.5) is 0 Å². The van der Waals surface area contributed by atoms with Crippen LogP contribution in [-0.4, -0.2) is 68.9 Å². The fraction of sp³-hybridized carbons (Fsp3) is 0.909. The van der Waals surface area contributed by atoms with Gasteiger partial charge in [-0.1, -0.05) is 0 Å². The minimum Gasteiger partial charge on any atom is -0.382 e. The van der Waals surface area contributed by atoms with Crippen molar-refractivity contribution < 1.29 is 4.74 Å². The lowest BCUT2D eigenvalue weighted by Crippen LogP contribution is -2.40. The van der Waals surface area contributed by atoms with Crippen molar-refractivity contribution in [2.45, 2.75) is 13.3 Å². The molecule has 0 aliphatic heterocycles. The maximum absolute atomic E-state index is 5.26. The van der Waals surface area contributed by atoms with E-state index in [2.05, 4.69) is 29.2 Å². The average molecular weight is 247 g/mol. The predicted molar refractivity (Wildman–Crippen MR) is 72.9 cm³/mol. The molecule has 0 spiro atoms. The number of rotatable bonds is 8. The lowest BCUT2D eigenvalue weighted by atomic mass is 10.4. The zero-order valence-corrected chi connectivity index (χ0v) is 11.8. The van der Waals surface area contributed by atoms with E-state index in [9.17, 15) is 0 Å². The van der Waals surface area contributed by atoms with E-state index in [-0.39, 0.29) is 0 Å². The van der Waals surface area contributed by atoms with Crippen molar-refractivity contribution >= 4 is 17.3 Å². The molecule has 4 nitrogen and oxygen atoms in total. The minimum absolute atomic E-state index is 0.785. The molecule has 0 fully saturated rings. The van der Waals surface area contributed by atoms with Gasteiger partial charge < -0.3 is 19.9 Å². The summed E-state index contributed by atoms with van der Waals surface area (Å²) >= 11 is 5.26. The second-order valence-corrected chi connectivity index (χ2v) is 4.39. The van der Waals surface area contributed by atoms with E-state index in [1.54, 1.807) is 0 Å². The standard InChI is InChI=1S/C11H25N3OS/c1-5-15-10-6-7-12-11(16)14(4)9-8-13(2)3/h5-10H2,1-4H3,(H,12,16). The van der Waals surface area contributed by atoms with Gasteiger partial charge >= 0.3 is 0 Å². The molecule has 0 aliphatic carbocycles. The molecule has 0 radical (unpaired) electrons. The summed E-state index contributed by atoms with van der Waals surface area (Å²) in [6, 6.07) is 0. The molecule has 1 N–H and O–H groups in total. The first-order chi connectivity index (χ1) is 7.57. The van der Waals surface area contributed by atoms with Gasteiger partial charge in [0.1, 0.15) is 0 Å². The van der Waals surface area contributed by atoms with Gasteiger partial charge in [-0.05, 0) is 39.7 Å². The largest absolute Gasteiger partial charge is 0.382 e. The van der Waals surface area contributed by atoms with E-state index in [1.807, 2.05) is 14.0 Å². The highest BCUT2D eigenvalue weighted by atomic mass is 32.1. The Morgan fingerprint density at radius 1 is 1.25 bits per heavy atom. The molecule has 0 aliphatic rings. The molecule has 0 aromatic rings. The summed E-state index contributed by atoms with van der Waals surface area (Å²) in [6.07, 6.45) is 0.996. The van der Waals surface area contributed by atoms with Crippen LogP contribution in [0.5, 0.6) is 0 Å². The molecule has 5 heteroatoms. The number of ether oxygens (including phenoxy) is 1. The molecular weight excluding hydrogens is 222 g/mol. The lowest BCUT2D eigenvalue weighted by Gasteiger charge is -2.22. The van der Waals surface area contributed by atoms with Crippen LogP contribution >= 0.6 is 12.2 Å². The zero-order chi connectivity index (χ0) is 12.4. The summed E-state index contributed by atoms with van der Waals surface area (Å²) in [5.41, 5.74) is 0. The first-order valence-corrected chi connectivity index (χ1v) is 6.20. The molecule has 0 heterocycles. The molecule has 0 rings (SSSR count). The van der Waals surface area contributed by atoms with Crippen molar-refractivity contribution in [2.75, 3.05) is 54.0 Å². The summed E-state index contributed by atoms with van der Waals surface area (Å²) in [5, 5.41) is 4.04. The summed E-state index contributed by atoms with van der Waals surface area (Å²) in [7, 11) is 6.14. The number of likely N-dealkylation sites (N-methyl/N-ethyl adjacent to an activating group) is 2. The molecule has 0 saturated carbocycles. The highest BCUT2D eigenvalue weighted by Gasteiger charge is 2.03. The van der Waals surface area contributed by atoms with Gasteiger partial charge in [-0.15, -0.1) is 0 Å². The molecule has 0 aromatic heterocycles. The Labute approximate surface area is 105 Å². The van der Waals surface area contributed by atoms with Crippen molar-refractivity contribution in [3.63, 3.8) is 0 Å². The smallest absolute Gasteiger partial charge is 0.168 e. The quantitative estimate of drug-likeness (QED) is 0.505. The van der Waals surface area contributed by atoms with E-state index in [4.69, 9.17) is 17.0 Å². The zero-order valence-electron chi connectivity index (χ0n) is 11.0. The van der Waals surface area contributed by atoms with Crippen molar-refractivity contribution in [3.05, 3.63) is 0 Å². The maximum Gasteiger partial charge on any atom is 0.168 e. The molecule has 0 atom stereocenters. The molecule has 0 aromatic carbocycles. The fourth-order valence-corrected chi connectivity index (χ4v) is 1.29. The molecule has 0 saturated heterocycles. The van der Waals surface area contributed by atoms with Crippen LogP contribution in [0.25, 0.3) is 0 Å². The van der Waals surface area contributed by atoms with Crippen LogP contribution in [0.15, 0.2) is 0 Å². The molecule has 0 unspecified atom stereocenters. The van der Waals surface area contributed by atoms with Crippen LogP contribution in [0.2, 0.25) is 0 Å². The van der Waals surface area contributed by atoms with Crippen LogP contribution in [0.1, 0.15) is 13.3 Å². The molecule has 96 valence electrons. The third-order valence-electron chi connectivity index (χ3n) is 2.18. The first kappa shape index (κ1) is 15.6. The second kappa shape index (κ2) is 9.81. The monoisotopic (exact) mass is 247 g/mol. The maximum atomic E-state index is 5.26. The van der Waals surface area contributed by atoms with Crippen LogP contribution in [0.3, 0.4) is 0 Å². The third kappa shape index (κ3) is 8.88. The van der Waals surface area contributed by atoms with E-state index in [0.29, 0.717) is 0 Å². The van der Waals surface area contributed by atoms with Gasteiger partial charge in [0.05, 0.1) is 0 Å². The minimum atomic E-state index is 0.785. The summed E-state index contributed by atoms with van der Waals surface area (Å²) in [6.45, 7) is 6.43. The Balaban J connectivity index is 3.47. The first-order valence-electron chi connectivity index (χ1n) is 5.79. The van der Waals surface area contributed by atoms with Crippen molar-refractivity contribution in [1.82, 2.24) is 15.1 Å². The summed E-state index contributed by atoms with van der Waals surface area (Å²) < 4.78 is 5.25. The van der Waals surface area contributed by atoms with Crippen molar-refractivity contribution in [3.8, 4) is 0 Å². The third-order valence-corrected chi connectivity index (χ3v) is 2.63. The average Bonchev–Trinajstić information content (AvgIpc) is 2.25. The number of hydrogen-bond donors (Lipinski definition) is 1. The predicted octanol–water partition coefficient (Wildman–Crippen LogP) is 0.781. The van der Waals surface area contributed by atoms with Gasteiger partial charge in [-0.3, -0.25) is 0 Å². The Bertz CT molecular complexity index is 188. The summed E-state index contributed by atoms with van der Waals surface area (Å²) in [4.78, 5) is 4.21. The molecule has 0 bridgehead atoms. The van der Waals surface area contributed by atoms with Crippen molar-refractivity contribution in [2.24, 2.45) is 0 Å². The van der Waals surface area contributed by atoms with Gasteiger partial charge in [-0.25, -0.2) is 0 Å². The Hall–Kier alpha value is -0.390. The molecular formula is C11H25N3OS. The SMILES string of the molecule is CCOCCCNC(=S)N(C)CCN(C)C. The van der Waals surface area contributed by atoms with E-state index in [0.717, 1.165) is 44.4 Å². The van der Waals surface area contributed by atoms with E-state index in [1.165, 1.54) is 0 Å². The van der Waals surface area contributed by atoms with Gasteiger partial charge in [0.2, 0.25) is 0 Å². The summed E-state index contributed by atoms with van der Waals surface area (Å²) in [5.74, 6) is 0. The lowest BCUT2D eigenvalue weighted by molar-refractivity contribution is 0.145. The van der Waals surface area contributed by atoms with Crippen LogP contribution in [-0.2, 0) is 4.74 Å². The highest BCUT2D eigenvalue weighted by Crippen LogP contribution is 1.88. The van der Waals surface area contributed by atoms with Crippen LogP contribution < -0.4 is 5.32 Å². The Morgan fingerprint density at radius 3 is 2.50 bits per heavy atom. The van der Waals surface area contributed by atoms with E-state index < -0.39 is 0 Å². The van der Waals surface area contributed by atoms with Gasteiger partial charge in [-0.2, -0.15) is 0 Å². The molecule has 16 heavy (non-hydrogen) atoms. The Morgan fingerprint density at radius 2 is 1.94 bits per heavy atom. The number of thiocarbonyl (C=S) groups is 1. The number of nitrogens with one attached hydrogen (secondary N) is 1. The van der Waals surface area contributed by atoms with Gasteiger partial charge in [0, 0.05) is 39.9 Å². The Kier molecular flexibility index (Phi) is 9.57. The fourth-order valence-electron chi connectivity index (χ4n) is 1.10. The normalized spacial score (nSPS) is 10.6. The second-order valence-electron chi connectivity index (χ2n) is 4.01. The molecule has 0 amide bonds. The van der Waals surface area contributed by atoms with E-state index >= 15 is 0 Å². The topological polar surface area (TPSA) is 27.7 Å². The number of hydrogen-bond acceptors (Lipinski definition) is 3. The van der Waals surface area contributed by atoms with Gasteiger partial charge in [0.15, 0.2) is 5.11 Å². The van der Waals surface area contributed by atoms with Gasteiger partial charge in [0.25, 0.3) is 0 Å².